The largest absolute Gasteiger partial charge is 0.508 e. The monoisotopic (exact) mass is 170 g/mol. The van der Waals surface area contributed by atoms with Crippen LogP contribution >= 0.6 is 0 Å². The van der Waals surface area contributed by atoms with Crippen LogP contribution in [0.3, 0.4) is 0 Å². The standard InChI is InChI=1S/C8H10O2.H4N2/c1-6-2-3-8(10)7(4-6)5-9;1-2/h2-4,9-10H,5H2,1H3;1-2H2. The third kappa shape index (κ3) is 2.87. The summed E-state index contributed by atoms with van der Waals surface area (Å²) in [6.45, 7) is 1.81. The number of hydrazine groups is 1. The maximum Gasteiger partial charge on any atom is 0.121 e. The Balaban J connectivity index is 0.000000561. The summed E-state index contributed by atoms with van der Waals surface area (Å²) in [5.74, 6) is 8.16. The molecule has 4 heteroatoms. The lowest BCUT2D eigenvalue weighted by atomic mass is 10.1. The van der Waals surface area contributed by atoms with Gasteiger partial charge in [-0.3, -0.25) is 11.7 Å². The molecular formula is C8H14N2O2. The Bertz CT molecular complexity index is 238. The van der Waals surface area contributed by atoms with E-state index in [9.17, 15) is 0 Å². The van der Waals surface area contributed by atoms with E-state index >= 15 is 0 Å². The van der Waals surface area contributed by atoms with Crippen molar-refractivity contribution < 1.29 is 10.2 Å². The van der Waals surface area contributed by atoms with Crippen LogP contribution in [0.2, 0.25) is 0 Å². The molecule has 1 aromatic rings. The molecule has 0 atom stereocenters. The molecule has 1 rings (SSSR count). The summed E-state index contributed by atoms with van der Waals surface area (Å²) >= 11 is 0. The van der Waals surface area contributed by atoms with Crippen LogP contribution in [0, 0.1) is 6.92 Å². The minimum atomic E-state index is -0.104. The van der Waals surface area contributed by atoms with Crippen molar-refractivity contribution in [2.45, 2.75) is 13.5 Å². The van der Waals surface area contributed by atoms with Gasteiger partial charge in [0.25, 0.3) is 0 Å². The molecule has 4 nitrogen and oxygen atoms in total. The topological polar surface area (TPSA) is 92.5 Å². The first-order valence-corrected chi connectivity index (χ1v) is 3.46. The van der Waals surface area contributed by atoms with Crippen LogP contribution < -0.4 is 11.7 Å². The van der Waals surface area contributed by atoms with Crippen LogP contribution in [-0.2, 0) is 6.61 Å². The van der Waals surface area contributed by atoms with Crippen LogP contribution in [0.5, 0.6) is 5.75 Å². The summed E-state index contributed by atoms with van der Waals surface area (Å²) in [5, 5.41) is 17.8. The van der Waals surface area contributed by atoms with E-state index < -0.39 is 0 Å². The molecule has 0 saturated carbocycles. The second-order valence-electron chi connectivity index (χ2n) is 2.29. The highest BCUT2D eigenvalue weighted by Gasteiger charge is 1.97. The van der Waals surface area contributed by atoms with Crippen molar-refractivity contribution in [2.24, 2.45) is 11.7 Å². The third-order valence-corrected chi connectivity index (χ3v) is 1.41. The van der Waals surface area contributed by atoms with Gasteiger partial charge in [0.05, 0.1) is 6.61 Å². The predicted molar refractivity (Wildman–Crippen MR) is 47.1 cm³/mol. The summed E-state index contributed by atoms with van der Waals surface area (Å²) in [4.78, 5) is 0. The van der Waals surface area contributed by atoms with Gasteiger partial charge in [-0.1, -0.05) is 17.7 Å². The lowest BCUT2D eigenvalue weighted by molar-refractivity contribution is 0.275. The van der Waals surface area contributed by atoms with E-state index in [-0.39, 0.29) is 12.4 Å². The van der Waals surface area contributed by atoms with Crippen molar-refractivity contribution in [3.63, 3.8) is 0 Å². The van der Waals surface area contributed by atoms with Crippen molar-refractivity contribution in [3.8, 4) is 5.75 Å². The fourth-order valence-corrected chi connectivity index (χ4v) is 0.841. The average molecular weight is 170 g/mol. The highest BCUT2D eigenvalue weighted by molar-refractivity contribution is 5.34. The number of benzene rings is 1. The minimum absolute atomic E-state index is 0.104. The zero-order valence-electron chi connectivity index (χ0n) is 6.99. The van der Waals surface area contributed by atoms with Crippen molar-refractivity contribution in [1.82, 2.24) is 0 Å². The highest BCUT2D eigenvalue weighted by Crippen LogP contribution is 2.17. The zero-order chi connectivity index (χ0) is 9.56. The molecule has 0 saturated heterocycles. The quantitative estimate of drug-likeness (QED) is 0.353. The lowest BCUT2D eigenvalue weighted by Crippen LogP contribution is -2.02. The van der Waals surface area contributed by atoms with E-state index in [1.54, 1.807) is 18.2 Å². The van der Waals surface area contributed by atoms with Gasteiger partial charge in [0, 0.05) is 5.56 Å². The Morgan fingerprint density at radius 3 is 2.33 bits per heavy atom. The summed E-state index contributed by atoms with van der Waals surface area (Å²) in [6, 6.07) is 5.14. The first-order valence-electron chi connectivity index (χ1n) is 3.46. The number of hydrogen-bond donors (Lipinski definition) is 4. The van der Waals surface area contributed by atoms with E-state index in [4.69, 9.17) is 10.2 Å². The second kappa shape index (κ2) is 5.54. The van der Waals surface area contributed by atoms with Crippen LogP contribution in [0.4, 0.5) is 0 Å². The summed E-state index contributed by atoms with van der Waals surface area (Å²) in [7, 11) is 0. The van der Waals surface area contributed by atoms with Gasteiger partial charge in [0.2, 0.25) is 0 Å². The summed E-state index contributed by atoms with van der Waals surface area (Å²) in [6.07, 6.45) is 0. The Hall–Kier alpha value is -1.10. The second-order valence-corrected chi connectivity index (χ2v) is 2.29. The Kier molecular flexibility index (Phi) is 5.03. The van der Waals surface area contributed by atoms with E-state index in [0.29, 0.717) is 5.56 Å². The molecule has 68 valence electrons. The summed E-state index contributed by atoms with van der Waals surface area (Å²) in [5.41, 5.74) is 1.63. The van der Waals surface area contributed by atoms with Crippen molar-refractivity contribution >= 4 is 0 Å². The van der Waals surface area contributed by atoms with Gasteiger partial charge in [-0.05, 0) is 13.0 Å². The molecule has 1 aromatic carbocycles. The molecule has 0 aliphatic rings. The Morgan fingerprint density at radius 1 is 1.33 bits per heavy atom. The fourth-order valence-electron chi connectivity index (χ4n) is 0.841. The number of rotatable bonds is 1. The molecule has 0 bridgehead atoms. The van der Waals surface area contributed by atoms with Crippen LogP contribution in [0.25, 0.3) is 0 Å². The average Bonchev–Trinajstić information content (AvgIpc) is 2.13. The van der Waals surface area contributed by atoms with Crippen molar-refractivity contribution in [3.05, 3.63) is 29.3 Å². The maximum atomic E-state index is 9.07. The number of nitrogens with two attached hydrogens (primary N) is 2. The van der Waals surface area contributed by atoms with Gasteiger partial charge in [-0.15, -0.1) is 0 Å². The van der Waals surface area contributed by atoms with Gasteiger partial charge < -0.3 is 10.2 Å². The van der Waals surface area contributed by atoms with E-state index in [0.717, 1.165) is 5.56 Å². The highest BCUT2D eigenvalue weighted by atomic mass is 16.3. The van der Waals surface area contributed by atoms with Crippen LogP contribution in [0.15, 0.2) is 18.2 Å². The maximum absolute atomic E-state index is 9.07. The number of phenols is 1. The number of hydrogen-bond acceptors (Lipinski definition) is 4. The molecule has 0 aliphatic carbocycles. The molecule has 0 fully saturated rings. The number of aryl methyl sites for hydroxylation is 1. The summed E-state index contributed by atoms with van der Waals surface area (Å²) < 4.78 is 0. The normalized spacial score (nSPS) is 8.67. The molecular weight excluding hydrogens is 156 g/mol. The first kappa shape index (κ1) is 10.9. The van der Waals surface area contributed by atoms with E-state index in [1.165, 1.54) is 0 Å². The fraction of sp³-hybridized carbons (Fsp3) is 0.250. The molecule has 0 aromatic heterocycles. The van der Waals surface area contributed by atoms with Gasteiger partial charge in [0.1, 0.15) is 5.75 Å². The van der Waals surface area contributed by atoms with Crippen molar-refractivity contribution in [2.75, 3.05) is 0 Å². The SMILES string of the molecule is Cc1ccc(O)c(CO)c1.NN. The number of aromatic hydroxyl groups is 1. The molecule has 0 aliphatic heterocycles. The molecule has 0 unspecified atom stereocenters. The van der Waals surface area contributed by atoms with E-state index in [1.807, 2.05) is 6.92 Å². The van der Waals surface area contributed by atoms with Crippen molar-refractivity contribution in [1.29, 1.82) is 0 Å². The zero-order valence-corrected chi connectivity index (χ0v) is 6.99. The van der Waals surface area contributed by atoms with Crippen LogP contribution in [0.1, 0.15) is 11.1 Å². The Morgan fingerprint density at radius 2 is 1.92 bits per heavy atom. The minimum Gasteiger partial charge on any atom is -0.508 e. The third-order valence-electron chi connectivity index (χ3n) is 1.41. The molecule has 0 radical (unpaired) electrons. The molecule has 0 amide bonds. The number of aliphatic hydroxyl groups is 1. The Labute approximate surface area is 71.4 Å². The molecule has 0 heterocycles. The lowest BCUT2D eigenvalue weighted by Gasteiger charge is -2.00. The first-order chi connectivity index (χ1) is 5.74. The smallest absolute Gasteiger partial charge is 0.121 e. The van der Waals surface area contributed by atoms with Crippen LogP contribution in [-0.4, -0.2) is 10.2 Å². The number of aliphatic hydroxyl groups excluding tert-OH is 1. The van der Waals surface area contributed by atoms with Gasteiger partial charge in [-0.2, -0.15) is 0 Å². The molecule has 6 N–H and O–H groups in total. The predicted octanol–water partition coefficient (Wildman–Crippen LogP) is 0.0117. The van der Waals surface area contributed by atoms with E-state index in [2.05, 4.69) is 11.7 Å². The van der Waals surface area contributed by atoms with Gasteiger partial charge >= 0.3 is 0 Å². The van der Waals surface area contributed by atoms with Gasteiger partial charge in [0.15, 0.2) is 0 Å². The molecule has 12 heavy (non-hydrogen) atoms. The van der Waals surface area contributed by atoms with Gasteiger partial charge in [-0.25, -0.2) is 0 Å². The molecule has 0 spiro atoms.